The predicted molar refractivity (Wildman–Crippen MR) is 79.0 cm³/mol. The molecule has 0 saturated carbocycles. The Bertz CT molecular complexity index is 790. The van der Waals surface area contributed by atoms with Crippen molar-refractivity contribution >= 4 is 16.6 Å². The van der Waals surface area contributed by atoms with Crippen LogP contribution in [-0.2, 0) is 12.8 Å². The van der Waals surface area contributed by atoms with E-state index in [1.54, 1.807) is 0 Å². The number of benzene rings is 2. The van der Waals surface area contributed by atoms with Gasteiger partial charge in [0.15, 0.2) is 0 Å². The summed E-state index contributed by atoms with van der Waals surface area (Å²) in [4.78, 5) is 4.66. The number of nitrogens with zero attached hydrogens (tertiary/aromatic N) is 1. The van der Waals surface area contributed by atoms with Gasteiger partial charge in [0.05, 0.1) is 5.69 Å². The number of rotatable bonds is 0. The van der Waals surface area contributed by atoms with E-state index in [4.69, 9.17) is 5.73 Å². The van der Waals surface area contributed by atoms with Crippen molar-refractivity contribution in [2.24, 2.45) is 0 Å². The number of nitrogen functional groups attached to an aromatic ring is 1. The average Bonchev–Trinajstić information content (AvgIpc) is 2.47. The lowest BCUT2D eigenvalue weighted by Crippen LogP contribution is -2.08. The molecule has 0 fully saturated rings. The van der Waals surface area contributed by atoms with Crippen LogP contribution in [0.25, 0.3) is 22.0 Å². The van der Waals surface area contributed by atoms with Crippen LogP contribution in [0.15, 0.2) is 48.5 Å². The number of pyridine rings is 1. The topological polar surface area (TPSA) is 38.9 Å². The van der Waals surface area contributed by atoms with Gasteiger partial charge in [0.1, 0.15) is 5.82 Å². The molecule has 3 aromatic rings. The van der Waals surface area contributed by atoms with Crippen molar-refractivity contribution in [3.8, 4) is 11.3 Å². The Morgan fingerprint density at radius 1 is 0.842 bits per heavy atom. The molecule has 0 amide bonds. The van der Waals surface area contributed by atoms with Crippen LogP contribution in [-0.4, -0.2) is 4.98 Å². The van der Waals surface area contributed by atoms with Crippen LogP contribution in [0, 0.1) is 0 Å². The molecule has 0 aliphatic heterocycles. The van der Waals surface area contributed by atoms with E-state index in [1.165, 1.54) is 22.1 Å². The highest BCUT2D eigenvalue weighted by molar-refractivity contribution is 5.97. The zero-order valence-corrected chi connectivity index (χ0v) is 10.6. The van der Waals surface area contributed by atoms with Crippen molar-refractivity contribution in [2.75, 3.05) is 5.73 Å². The fourth-order valence-corrected chi connectivity index (χ4v) is 3.05. The molecule has 2 N–H and O–H groups in total. The van der Waals surface area contributed by atoms with Crippen molar-refractivity contribution < 1.29 is 0 Å². The van der Waals surface area contributed by atoms with E-state index in [9.17, 15) is 0 Å². The monoisotopic (exact) mass is 246 g/mol. The maximum atomic E-state index is 6.13. The van der Waals surface area contributed by atoms with Gasteiger partial charge in [-0.15, -0.1) is 0 Å². The molecular formula is C17H14N2. The third kappa shape index (κ3) is 1.46. The molecule has 0 saturated heterocycles. The highest BCUT2D eigenvalue weighted by atomic mass is 14.8. The zero-order valence-electron chi connectivity index (χ0n) is 10.6. The minimum absolute atomic E-state index is 0.631. The van der Waals surface area contributed by atoms with Gasteiger partial charge in [0.25, 0.3) is 0 Å². The lowest BCUT2D eigenvalue weighted by Gasteiger charge is -2.21. The molecule has 1 aliphatic carbocycles. The van der Waals surface area contributed by atoms with Crippen LogP contribution in [0.2, 0.25) is 0 Å². The highest BCUT2D eigenvalue weighted by Crippen LogP contribution is 2.37. The molecule has 0 radical (unpaired) electrons. The molecule has 0 atom stereocenters. The number of nitrogens with two attached hydrogens (primary N) is 1. The SMILES string of the molecule is Nc1nc2c(c3ccccc13)CCc1ccccc1-2. The van der Waals surface area contributed by atoms with Gasteiger partial charge >= 0.3 is 0 Å². The molecule has 1 heterocycles. The van der Waals surface area contributed by atoms with Gasteiger partial charge in [0.2, 0.25) is 0 Å². The Kier molecular flexibility index (Phi) is 2.12. The molecule has 19 heavy (non-hydrogen) atoms. The number of fused-ring (bicyclic) bond motifs is 5. The van der Waals surface area contributed by atoms with Crippen molar-refractivity contribution in [3.05, 3.63) is 59.7 Å². The van der Waals surface area contributed by atoms with Crippen LogP contribution < -0.4 is 5.73 Å². The average molecular weight is 246 g/mol. The first kappa shape index (κ1) is 10.6. The van der Waals surface area contributed by atoms with Gasteiger partial charge in [-0.2, -0.15) is 0 Å². The Morgan fingerprint density at radius 2 is 1.58 bits per heavy atom. The van der Waals surface area contributed by atoms with E-state index in [0.717, 1.165) is 23.9 Å². The summed E-state index contributed by atoms with van der Waals surface area (Å²) < 4.78 is 0. The fraction of sp³-hybridized carbons (Fsp3) is 0.118. The van der Waals surface area contributed by atoms with E-state index in [2.05, 4.69) is 47.4 Å². The van der Waals surface area contributed by atoms with Gasteiger partial charge in [-0.25, -0.2) is 4.98 Å². The molecule has 0 unspecified atom stereocenters. The molecule has 2 nitrogen and oxygen atoms in total. The maximum Gasteiger partial charge on any atom is 0.131 e. The van der Waals surface area contributed by atoms with Gasteiger partial charge in [-0.05, 0) is 29.4 Å². The smallest absolute Gasteiger partial charge is 0.131 e. The highest BCUT2D eigenvalue weighted by Gasteiger charge is 2.20. The number of hydrogen-bond acceptors (Lipinski definition) is 2. The Morgan fingerprint density at radius 3 is 2.47 bits per heavy atom. The first-order chi connectivity index (χ1) is 9.34. The number of anilines is 1. The number of hydrogen-bond donors (Lipinski definition) is 1. The Hall–Kier alpha value is -2.35. The van der Waals surface area contributed by atoms with Crippen LogP contribution in [0.1, 0.15) is 11.1 Å². The van der Waals surface area contributed by atoms with E-state index in [1.807, 2.05) is 6.07 Å². The van der Waals surface area contributed by atoms with Crippen molar-refractivity contribution in [1.29, 1.82) is 0 Å². The summed E-state index contributed by atoms with van der Waals surface area (Å²) in [7, 11) is 0. The molecule has 2 aromatic carbocycles. The van der Waals surface area contributed by atoms with E-state index < -0.39 is 0 Å². The molecule has 92 valence electrons. The van der Waals surface area contributed by atoms with Crippen molar-refractivity contribution in [1.82, 2.24) is 4.98 Å². The van der Waals surface area contributed by atoms with Crippen LogP contribution >= 0.6 is 0 Å². The second kappa shape index (κ2) is 3.82. The summed E-state index contributed by atoms with van der Waals surface area (Å²) in [5.41, 5.74) is 11.1. The van der Waals surface area contributed by atoms with Gasteiger partial charge in [-0.1, -0.05) is 48.5 Å². The molecule has 2 heteroatoms. The van der Waals surface area contributed by atoms with E-state index >= 15 is 0 Å². The van der Waals surface area contributed by atoms with Crippen LogP contribution in [0.4, 0.5) is 5.82 Å². The molecule has 1 aliphatic rings. The second-order valence-electron chi connectivity index (χ2n) is 5.03. The van der Waals surface area contributed by atoms with Gasteiger partial charge in [-0.3, -0.25) is 0 Å². The first-order valence-corrected chi connectivity index (χ1v) is 6.60. The largest absolute Gasteiger partial charge is 0.383 e. The third-order valence-electron chi connectivity index (χ3n) is 3.96. The third-order valence-corrected chi connectivity index (χ3v) is 3.96. The number of aromatic nitrogens is 1. The minimum atomic E-state index is 0.631. The van der Waals surface area contributed by atoms with Crippen LogP contribution in [0.5, 0.6) is 0 Å². The molecule has 0 bridgehead atoms. The first-order valence-electron chi connectivity index (χ1n) is 6.60. The van der Waals surface area contributed by atoms with Crippen molar-refractivity contribution in [2.45, 2.75) is 12.8 Å². The zero-order chi connectivity index (χ0) is 12.8. The predicted octanol–water partition coefficient (Wildman–Crippen LogP) is 3.58. The summed E-state index contributed by atoms with van der Waals surface area (Å²) in [6.45, 7) is 0. The summed E-state index contributed by atoms with van der Waals surface area (Å²) in [5, 5.41) is 2.32. The Balaban J connectivity index is 2.13. The Labute approximate surface area is 111 Å². The standard InChI is InChI=1S/C17H14N2/c18-17-15-8-4-3-7-13(15)14-10-9-11-5-1-2-6-12(11)16(14)19-17/h1-8H,9-10H2,(H2,18,19). The molecular weight excluding hydrogens is 232 g/mol. The molecule has 0 spiro atoms. The van der Waals surface area contributed by atoms with E-state index in [-0.39, 0.29) is 0 Å². The van der Waals surface area contributed by atoms with E-state index in [0.29, 0.717) is 5.82 Å². The van der Waals surface area contributed by atoms with Gasteiger partial charge < -0.3 is 5.73 Å². The second-order valence-corrected chi connectivity index (χ2v) is 5.03. The summed E-state index contributed by atoms with van der Waals surface area (Å²) >= 11 is 0. The summed E-state index contributed by atoms with van der Waals surface area (Å²) in [5.74, 6) is 0.631. The summed E-state index contributed by atoms with van der Waals surface area (Å²) in [6, 6.07) is 16.8. The molecule has 4 rings (SSSR count). The summed E-state index contributed by atoms with van der Waals surface area (Å²) in [6.07, 6.45) is 2.12. The lowest BCUT2D eigenvalue weighted by molar-refractivity contribution is 0.939. The van der Waals surface area contributed by atoms with Crippen LogP contribution in [0.3, 0.4) is 0 Å². The quantitative estimate of drug-likeness (QED) is 0.658. The fourth-order valence-electron chi connectivity index (χ4n) is 3.05. The molecule has 1 aromatic heterocycles. The normalized spacial score (nSPS) is 13.1. The lowest BCUT2D eigenvalue weighted by atomic mass is 9.86. The van der Waals surface area contributed by atoms with Crippen molar-refractivity contribution in [3.63, 3.8) is 0 Å². The van der Waals surface area contributed by atoms with Gasteiger partial charge in [0, 0.05) is 10.9 Å². The number of aryl methyl sites for hydroxylation is 2. The minimum Gasteiger partial charge on any atom is -0.383 e. The maximum absolute atomic E-state index is 6.13.